The van der Waals surface area contributed by atoms with Crippen LogP contribution >= 0.6 is 0 Å². The van der Waals surface area contributed by atoms with Crippen LogP contribution in [-0.4, -0.2) is 0 Å². The maximum atomic E-state index is 3.31. The number of rotatable bonds is 0. The van der Waals surface area contributed by atoms with Crippen LogP contribution in [0.3, 0.4) is 0 Å². The van der Waals surface area contributed by atoms with E-state index in [0.29, 0.717) is 0 Å². The maximum absolute atomic E-state index is 3.31. The summed E-state index contributed by atoms with van der Waals surface area (Å²) in [6, 6.07) is 27.4. The van der Waals surface area contributed by atoms with Gasteiger partial charge in [-0.05, 0) is 82.9 Å². The molecule has 1 aliphatic carbocycles. The second kappa shape index (κ2) is 8.16. The molecule has 1 aliphatic rings. The summed E-state index contributed by atoms with van der Waals surface area (Å²) in [6.07, 6.45) is 8.72. The van der Waals surface area contributed by atoms with Gasteiger partial charge in [-0.15, -0.1) is 0 Å². The Morgan fingerprint density at radius 3 is 1.77 bits per heavy atom. The lowest BCUT2D eigenvalue weighted by atomic mass is 10.00. The Kier molecular flexibility index (Phi) is 4.91. The van der Waals surface area contributed by atoms with Gasteiger partial charge in [-0.25, -0.2) is 0 Å². The first kappa shape index (κ1) is 18.1. The van der Waals surface area contributed by atoms with Crippen LogP contribution < -0.4 is 0 Å². The van der Waals surface area contributed by atoms with Crippen LogP contribution in [0.5, 0.6) is 0 Å². The van der Waals surface area contributed by atoms with Gasteiger partial charge in [0, 0.05) is 22.3 Å². The molecule has 0 saturated heterocycles. The quantitative estimate of drug-likeness (QED) is 0.227. The van der Waals surface area contributed by atoms with Crippen LogP contribution in [0.2, 0.25) is 0 Å². The maximum Gasteiger partial charge on any atom is 0.0255 e. The highest BCUT2D eigenvalue weighted by Crippen LogP contribution is 2.25. The first-order valence-electron chi connectivity index (χ1n) is 10.3. The molecule has 0 unspecified atom stereocenters. The average molecular weight is 380 g/mol. The Balaban J connectivity index is 1.47. The van der Waals surface area contributed by atoms with Gasteiger partial charge in [0.2, 0.25) is 0 Å². The minimum absolute atomic E-state index is 1.03. The summed E-state index contributed by atoms with van der Waals surface area (Å²) < 4.78 is 0. The smallest absolute Gasteiger partial charge is 0.0255 e. The molecule has 0 saturated carbocycles. The van der Waals surface area contributed by atoms with Gasteiger partial charge in [0.05, 0.1) is 0 Å². The zero-order valence-electron chi connectivity index (χ0n) is 16.7. The van der Waals surface area contributed by atoms with E-state index in [1.54, 1.807) is 0 Å². The molecule has 0 amide bonds. The Morgan fingerprint density at radius 1 is 0.500 bits per heavy atom. The molecule has 0 aliphatic heterocycles. The molecule has 0 bridgehead atoms. The van der Waals surface area contributed by atoms with Crippen LogP contribution in [0.15, 0.2) is 103 Å². The van der Waals surface area contributed by atoms with Crippen molar-refractivity contribution in [1.82, 2.24) is 0 Å². The van der Waals surface area contributed by atoms with Gasteiger partial charge in [0.1, 0.15) is 0 Å². The summed E-state index contributed by atoms with van der Waals surface area (Å²) in [4.78, 5) is 0. The summed E-state index contributed by atoms with van der Waals surface area (Å²) in [5.74, 6) is 13.1. The van der Waals surface area contributed by atoms with E-state index in [0.717, 1.165) is 35.1 Å². The van der Waals surface area contributed by atoms with Crippen LogP contribution in [0.4, 0.5) is 0 Å². The molecule has 0 heterocycles. The zero-order valence-corrected chi connectivity index (χ0v) is 16.7. The van der Waals surface area contributed by atoms with Gasteiger partial charge < -0.3 is 0 Å². The Bertz CT molecular complexity index is 1430. The lowest BCUT2D eigenvalue weighted by Crippen LogP contribution is -1.83. The monoisotopic (exact) mass is 380 g/mol. The third-order valence-electron chi connectivity index (χ3n) is 5.27. The van der Waals surface area contributed by atoms with Gasteiger partial charge >= 0.3 is 0 Å². The van der Waals surface area contributed by atoms with Crippen LogP contribution in [0.25, 0.3) is 21.5 Å². The van der Waals surface area contributed by atoms with Crippen molar-refractivity contribution in [3.63, 3.8) is 0 Å². The minimum atomic E-state index is 1.03. The minimum Gasteiger partial charge on any atom is -0.0830 e. The third-order valence-corrected chi connectivity index (χ3v) is 5.27. The SMILES string of the molecule is C(#Cc1ccc2cc3cc(C#Cc4ccccc4)ccc3cc2c1)C1=CCCC=C1. The Morgan fingerprint density at radius 2 is 1.13 bits per heavy atom. The second-order valence-corrected chi connectivity index (χ2v) is 7.48. The Hall–Kier alpha value is -4.00. The van der Waals surface area contributed by atoms with E-state index < -0.39 is 0 Å². The van der Waals surface area contributed by atoms with Gasteiger partial charge in [0.15, 0.2) is 0 Å². The molecule has 4 aromatic carbocycles. The highest BCUT2D eigenvalue weighted by molar-refractivity contribution is 5.99. The molecule has 0 nitrogen and oxygen atoms in total. The topological polar surface area (TPSA) is 0 Å². The van der Waals surface area contributed by atoms with Crippen LogP contribution in [0.1, 0.15) is 29.5 Å². The number of hydrogen-bond donors (Lipinski definition) is 0. The van der Waals surface area contributed by atoms with Gasteiger partial charge in [0.25, 0.3) is 0 Å². The van der Waals surface area contributed by atoms with E-state index in [2.05, 4.69) is 90.4 Å². The number of allylic oxidation sites excluding steroid dienone is 4. The number of fused-ring (bicyclic) bond motifs is 2. The van der Waals surface area contributed by atoms with E-state index in [4.69, 9.17) is 0 Å². The van der Waals surface area contributed by atoms with Crippen LogP contribution in [-0.2, 0) is 0 Å². The van der Waals surface area contributed by atoms with Gasteiger partial charge in [-0.3, -0.25) is 0 Å². The molecule has 4 aromatic rings. The first-order valence-corrected chi connectivity index (χ1v) is 10.3. The number of hydrogen-bond acceptors (Lipinski definition) is 0. The van der Waals surface area contributed by atoms with E-state index in [1.807, 2.05) is 30.3 Å². The largest absolute Gasteiger partial charge is 0.0830 e. The van der Waals surface area contributed by atoms with Crippen molar-refractivity contribution in [3.05, 3.63) is 119 Å². The standard InChI is InChI=1S/C30H20/c1-3-7-23(8-4-1)11-13-25-15-17-27-22-30-20-26(14-12-24-9-5-2-6-10-24)16-18-28(30)21-29(27)19-25/h1,3-5,7-10,15-22H,2,6H2. The molecule has 0 atom stereocenters. The molecule has 5 rings (SSSR count). The summed E-state index contributed by atoms with van der Waals surface area (Å²) in [7, 11) is 0. The van der Waals surface area contributed by atoms with E-state index in [9.17, 15) is 0 Å². The molecule has 0 spiro atoms. The van der Waals surface area contributed by atoms with Crippen molar-refractivity contribution < 1.29 is 0 Å². The predicted molar refractivity (Wildman–Crippen MR) is 127 cm³/mol. The average Bonchev–Trinajstić information content (AvgIpc) is 2.81. The third kappa shape index (κ3) is 4.05. The second-order valence-electron chi connectivity index (χ2n) is 7.48. The fourth-order valence-electron chi connectivity index (χ4n) is 3.67. The molecule has 30 heavy (non-hydrogen) atoms. The molecule has 140 valence electrons. The fraction of sp³-hybridized carbons (Fsp3) is 0.0667. The van der Waals surface area contributed by atoms with Crippen molar-refractivity contribution in [3.8, 4) is 23.7 Å². The van der Waals surface area contributed by atoms with E-state index >= 15 is 0 Å². The molecule has 0 aromatic heterocycles. The van der Waals surface area contributed by atoms with E-state index in [-0.39, 0.29) is 0 Å². The summed E-state index contributed by atoms with van der Waals surface area (Å²) >= 11 is 0. The van der Waals surface area contributed by atoms with Crippen molar-refractivity contribution >= 4 is 21.5 Å². The zero-order chi connectivity index (χ0) is 20.2. The summed E-state index contributed by atoms with van der Waals surface area (Å²) in [5, 5.41) is 4.86. The first-order chi connectivity index (χ1) is 14.8. The fourth-order valence-corrected chi connectivity index (χ4v) is 3.67. The summed E-state index contributed by atoms with van der Waals surface area (Å²) in [6.45, 7) is 0. The van der Waals surface area contributed by atoms with E-state index in [1.165, 1.54) is 21.5 Å². The highest BCUT2D eigenvalue weighted by Gasteiger charge is 2.01. The molecular weight excluding hydrogens is 360 g/mol. The van der Waals surface area contributed by atoms with Crippen molar-refractivity contribution in [1.29, 1.82) is 0 Å². The van der Waals surface area contributed by atoms with Crippen molar-refractivity contribution in [2.45, 2.75) is 12.8 Å². The molecular formula is C30H20. The highest BCUT2D eigenvalue weighted by atomic mass is 14.0. The lowest BCUT2D eigenvalue weighted by Gasteiger charge is -2.04. The lowest BCUT2D eigenvalue weighted by molar-refractivity contribution is 1.03. The van der Waals surface area contributed by atoms with Gasteiger partial charge in [-0.2, -0.15) is 0 Å². The molecule has 0 radical (unpaired) electrons. The summed E-state index contributed by atoms with van der Waals surface area (Å²) in [5.41, 5.74) is 4.22. The normalized spacial score (nSPS) is 12.6. The molecule has 0 fully saturated rings. The Labute approximate surface area is 177 Å². The number of benzene rings is 4. The molecule has 0 N–H and O–H groups in total. The van der Waals surface area contributed by atoms with Crippen molar-refractivity contribution in [2.75, 3.05) is 0 Å². The van der Waals surface area contributed by atoms with Crippen molar-refractivity contribution in [2.24, 2.45) is 0 Å². The molecule has 0 heteroatoms. The van der Waals surface area contributed by atoms with Gasteiger partial charge in [-0.1, -0.05) is 72.2 Å². The predicted octanol–water partition coefficient (Wildman–Crippen LogP) is 7.02. The van der Waals surface area contributed by atoms with Crippen LogP contribution in [0, 0.1) is 23.7 Å².